The van der Waals surface area contributed by atoms with Gasteiger partial charge in [0.2, 0.25) is 0 Å². The van der Waals surface area contributed by atoms with E-state index in [1.54, 1.807) is 41.1 Å². The van der Waals surface area contributed by atoms with Crippen LogP contribution in [0.3, 0.4) is 0 Å². The van der Waals surface area contributed by atoms with E-state index < -0.39 is 4.92 Å². The summed E-state index contributed by atoms with van der Waals surface area (Å²) in [5.41, 5.74) is 1.30. The SMILES string of the molecule is COc1ccc2nc(N(CCn3cccn3)C(=O)/C=C/c3cccc([N+](=O)[O-])c3)sc2c1. The molecule has 0 saturated carbocycles. The maximum absolute atomic E-state index is 13.1. The molecule has 2 aromatic heterocycles. The minimum Gasteiger partial charge on any atom is -0.497 e. The molecular weight excluding hydrogens is 430 g/mol. The van der Waals surface area contributed by atoms with Crippen LogP contribution in [0.4, 0.5) is 10.8 Å². The molecule has 0 N–H and O–H groups in total. The number of rotatable bonds is 8. The Morgan fingerprint density at radius 3 is 2.91 bits per heavy atom. The zero-order valence-corrected chi connectivity index (χ0v) is 17.9. The Labute approximate surface area is 187 Å². The number of amides is 1. The molecule has 32 heavy (non-hydrogen) atoms. The Kier molecular flexibility index (Phi) is 6.22. The van der Waals surface area contributed by atoms with Crippen LogP contribution in [-0.2, 0) is 11.3 Å². The van der Waals surface area contributed by atoms with Crippen LogP contribution in [0, 0.1) is 10.1 Å². The molecule has 0 bridgehead atoms. The molecule has 0 spiro atoms. The molecule has 9 nitrogen and oxygen atoms in total. The number of nitro benzene ring substituents is 1. The third kappa shape index (κ3) is 4.81. The zero-order valence-electron chi connectivity index (χ0n) is 17.1. The van der Waals surface area contributed by atoms with Crippen LogP contribution >= 0.6 is 11.3 Å². The van der Waals surface area contributed by atoms with E-state index in [9.17, 15) is 14.9 Å². The predicted molar refractivity (Wildman–Crippen MR) is 123 cm³/mol. The zero-order chi connectivity index (χ0) is 22.5. The number of carbonyl (C=O) groups excluding carboxylic acids is 1. The van der Waals surface area contributed by atoms with E-state index in [-0.39, 0.29) is 11.6 Å². The van der Waals surface area contributed by atoms with Crippen molar-refractivity contribution < 1.29 is 14.5 Å². The molecule has 4 rings (SSSR count). The topological polar surface area (TPSA) is 103 Å². The molecule has 0 aliphatic heterocycles. The van der Waals surface area contributed by atoms with Crippen LogP contribution in [0.25, 0.3) is 16.3 Å². The van der Waals surface area contributed by atoms with Gasteiger partial charge in [0.25, 0.3) is 11.6 Å². The van der Waals surface area contributed by atoms with Crippen molar-refractivity contribution in [3.63, 3.8) is 0 Å². The number of carbonyl (C=O) groups is 1. The highest BCUT2D eigenvalue weighted by molar-refractivity contribution is 7.22. The third-order valence-corrected chi connectivity index (χ3v) is 5.73. The largest absolute Gasteiger partial charge is 0.497 e. The number of hydrogen-bond acceptors (Lipinski definition) is 7. The molecule has 2 aromatic carbocycles. The van der Waals surface area contributed by atoms with Crippen LogP contribution in [0.2, 0.25) is 0 Å². The summed E-state index contributed by atoms with van der Waals surface area (Å²) in [5.74, 6) is 0.433. The summed E-state index contributed by atoms with van der Waals surface area (Å²) < 4.78 is 7.92. The number of nitro groups is 1. The minimum atomic E-state index is -0.467. The normalized spacial score (nSPS) is 11.2. The second-order valence-corrected chi connectivity index (χ2v) is 7.78. The first-order valence-electron chi connectivity index (χ1n) is 9.69. The van der Waals surface area contributed by atoms with Gasteiger partial charge in [-0.25, -0.2) is 4.98 Å². The number of anilines is 1. The van der Waals surface area contributed by atoms with Gasteiger partial charge in [-0.15, -0.1) is 0 Å². The number of methoxy groups -OCH3 is 1. The van der Waals surface area contributed by atoms with Gasteiger partial charge in [0.1, 0.15) is 5.75 Å². The van der Waals surface area contributed by atoms with Gasteiger partial charge in [-0.05, 0) is 35.9 Å². The van der Waals surface area contributed by atoms with E-state index >= 15 is 0 Å². The van der Waals surface area contributed by atoms with Crippen LogP contribution in [-0.4, -0.2) is 39.2 Å². The van der Waals surface area contributed by atoms with Gasteiger partial charge >= 0.3 is 0 Å². The second kappa shape index (κ2) is 9.40. The second-order valence-electron chi connectivity index (χ2n) is 6.77. The maximum Gasteiger partial charge on any atom is 0.270 e. The first kappa shape index (κ1) is 21.2. The van der Waals surface area contributed by atoms with Gasteiger partial charge in [-0.1, -0.05) is 23.5 Å². The molecule has 10 heteroatoms. The number of hydrogen-bond donors (Lipinski definition) is 0. The average molecular weight is 449 g/mol. The Bertz CT molecular complexity index is 1280. The van der Waals surface area contributed by atoms with E-state index in [1.165, 1.54) is 29.5 Å². The molecule has 4 aromatic rings. The molecule has 0 aliphatic carbocycles. The minimum absolute atomic E-state index is 0.0322. The van der Waals surface area contributed by atoms with Gasteiger partial charge in [-0.3, -0.25) is 24.5 Å². The predicted octanol–water partition coefficient (Wildman–Crippen LogP) is 4.16. The van der Waals surface area contributed by atoms with Crippen molar-refractivity contribution in [1.82, 2.24) is 14.8 Å². The molecule has 0 fully saturated rings. The number of benzene rings is 2. The molecule has 0 saturated heterocycles. The van der Waals surface area contributed by atoms with Crippen LogP contribution in [0.15, 0.2) is 67.0 Å². The monoisotopic (exact) mass is 449 g/mol. The molecule has 2 heterocycles. The fraction of sp³-hybridized carbons (Fsp3) is 0.136. The first-order valence-corrected chi connectivity index (χ1v) is 10.5. The molecule has 0 unspecified atom stereocenters. The Balaban J connectivity index is 1.61. The van der Waals surface area contributed by atoms with Gasteiger partial charge in [-0.2, -0.15) is 5.10 Å². The number of aromatic nitrogens is 3. The van der Waals surface area contributed by atoms with E-state index in [0.29, 0.717) is 29.5 Å². The highest BCUT2D eigenvalue weighted by Gasteiger charge is 2.18. The first-order chi connectivity index (χ1) is 15.5. The van der Waals surface area contributed by atoms with Crippen molar-refractivity contribution >= 4 is 44.4 Å². The van der Waals surface area contributed by atoms with E-state index in [0.717, 1.165) is 10.2 Å². The van der Waals surface area contributed by atoms with Crippen LogP contribution in [0.1, 0.15) is 5.56 Å². The molecule has 1 amide bonds. The summed E-state index contributed by atoms with van der Waals surface area (Å²) in [6, 6.07) is 13.5. The van der Waals surface area contributed by atoms with Crippen molar-refractivity contribution in [2.45, 2.75) is 6.54 Å². The average Bonchev–Trinajstić information content (AvgIpc) is 3.47. The maximum atomic E-state index is 13.1. The lowest BCUT2D eigenvalue weighted by Crippen LogP contribution is -2.32. The number of ether oxygens (including phenoxy) is 1. The summed E-state index contributed by atoms with van der Waals surface area (Å²) in [7, 11) is 1.60. The standard InChI is InChI=1S/C22H19N5O4S/c1-31-18-7-8-19-20(15-18)32-22(24-19)26(13-12-25-11-3-10-23-25)21(28)9-6-16-4-2-5-17(14-16)27(29)30/h2-11,14-15H,12-13H2,1H3/b9-6+. The van der Waals surface area contributed by atoms with Crippen molar-refractivity contribution in [3.8, 4) is 5.75 Å². The fourth-order valence-electron chi connectivity index (χ4n) is 3.07. The van der Waals surface area contributed by atoms with E-state index in [1.807, 2.05) is 30.5 Å². The van der Waals surface area contributed by atoms with E-state index in [2.05, 4.69) is 10.1 Å². The molecular formula is C22H19N5O4S. The lowest BCUT2D eigenvalue weighted by Gasteiger charge is -2.18. The lowest BCUT2D eigenvalue weighted by molar-refractivity contribution is -0.384. The highest BCUT2D eigenvalue weighted by Crippen LogP contribution is 2.31. The number of non-ortho nitro benzene ring substituents is 1. The van der Waals surface area contributed by atoms with Crippen molar-refractivity contribution in [2.75, 3.05) is 18.6 Å². The highest BCUT2D eigenvalue weighted by atomic mass is 32.1. The molecule has 162 valence electrons. The Morgan fingerprint density at radius 2 is 2.16 bits per heavy atom. The van der Waals surface area contributed by atoms with Crippen LogP contribution in [0.5, 0.6) is 5.75 Å². The summed E-state index contributed by atoms with van der Waals surface area (Å²) in [5, 5.41) is 15.7. The quantitative estimate of drug-likeness (QED) is 0.227. The summed E-state index contributed by atoms with van der Waals surface area (Å²) in [6.07, 6.45) is 6.46. The summed E-state index contributed by atoms with van der Waals surface area (Å²) in [6.45, 7) is 0.847. The fourth-order valence-corrected chi connectivity index (χ4v) is 4.10. The van der Waals surface area contributed by atoms with Gasteiger partial charge in [0, 0.05) is 37.1 Å². The molecule has 0 radical (unpaired) electrons. The Hall–Kier alpha value is -4.05. The lowest BCUT2D eigenvalue weighted by atomic mass is 10.2. The van der Waals surface area contributed by atoms with Crippen molar-refractivity contribution in [3.05, 3.63) is 82.7 Å². The van der Waals surface area contributed by atoms with Gasteiger partial charge < -0.3 is 4.74 Å². The van der Waals surface area contributed by atoms with Gasteiger partial charge in [0.15, 0.2) is 5.13 Å². The van der Waals surface area contributed by atoms with Crippen molar-refractivity contribution in [2.24, 2.45) is 0 Å². The molecule has 0 atom stereocenters. The number of fused-ring (bicyclic) bond motifs is 1. The van der Waals surface area contributed by atoms with Crippen LogP contribution < -0.4 is 9.64 Å². The number of nitrogens with zero attached hydrogens (tertiary/aromatic N) is 5. The third-order valence-electron chi connectivity index (χ3n) is 4.69. The van der Waals surface area contributed by atoms with E-state index in [4.69, 9.17) is 4.74 Å². The summed E-state index contributed by atoms with van der Waals surface area (Å²) >= 11 is 1.39. The smallest absolute Gasteiger partial charge is 0.270 e. The molecule has 0 aliphatic rings. The summed E-state index contributed by atoms with van der Waals surface area (Å²) in [4.78, 5) is 29.8. The Morgan fingerprint density at radius 1 is 1.28 bits per heavy atom. The van der Waals surface area contributed by atoms with Gasteiger partial charge in [0.05, 0.1) is 28.8 Å². The van der Waals surface area contributed by atoms with Crippen molar-refractivity contribution in [1.29, 1.82) is 0 Å². The number of thiazole rings is 1.